The Morgan fingerprint density at radius 1 is 0.941 bits per heavy atom. The molecule has 17 heavy (non-hydrogen) atoms. The summed E-state index contributed by atoms with van der Waals surface area (Å²) >= 11 is 0. The van der Waals surface area contributed by atoms with Crippen LogP contribution in [0.1, 0.15) is 51.4 Å². The van der Waals surface area contributed by atoms with Crippen molar-refractivity contribution in [3.05, 3.63) is 0 Å². The molecule has 2 aliphatic carbocycles. The number of carbonyl (C=O) groups excluding carboxylic acids is 1. The Kier molecular flexibility index (Phi) is 3.37. The van der Waals surface area contributed by atoms with Gasteiger partial charge in [0.05, 0.1) is 0 Å². The molecule has 96 valence electrons. The van der Waals surface area contributed by atoms with E-state index in [4.69, 9.17) is 0 Å². The van der Waals surface area contributed by atoms with Gasteiger partial charge in [-0.2, -0.15) is 0 Å². The van der Waals surface area contributed by atoms with Gasteiger partial charge in [0, 0.05) is 31.1 Å². The number of nitrogens with zero attached hydrogens (tertiary/aromatic N) is 1. The maximum atomic E-state index is 11.7. The second-order valence-electron chi connectivity index (χ2n) is 6.03. The molecule has 0 bridgehead atoms. The van der Waals surface area contributed by atoms with E-state index in [1.165, 1.54) is 38.8 Å². The Labute approximate surface area is 104 Å². The molecule has 0 unspecified atom stereocenters. The first-order valence-electron chi connectivity index (χ1n) is 7.37. The Hall–Kier alpha value is -0.570. The van der Waals surface area contributed by atoms with Gasteiger partial charge in [-0.25, -0.2) is 0 Å². The molecule has 0 aromatic carbocycles. The molecule has 2 saturated carbocycles. The molecular formula is C14H24N2O. The van der Waals surface area contributed by atoms with E-state index in [1.807, 2.05) is 0 Å². The normalized spacial score (nSPS) is 28.5. The van der Waals surface area contributed by atoms with Crippen molar-refractivity contribution in [2.45, 2.75) is 63.5 Å². The van der Waals surface area contributed by atoms with Crippen LogP contribution < -0.4 is 5.32 Å². The third kappa shape index (κ3) is 2.82. The summed E-state index contributed by atoms with van der Waals surface area (Å²) in [6.07, 6.45) is 10.2. The quantitative estimate of drug-likeness (QED) is 0.812. The van der Waals surface area contributed by atoms with Gasteiger partial charge in [-0.05, 0) is 38.5 Å². The van der Waals surface area contributed by atoms with Crippen molar-refractivity contribution in [3.8, 4) is 0 Å². The fraction of sp³-hybridized carbons (Fsp3) is 0.929. The number of piperidine rings is 1. The van der Waals surface area contributed by atoms with Gasteiger partial charge in [0.2, 0.25) is 5.91 Å². The molecule has 1 saturated heterocycles. The number of rotatable bonds is 3. The van der Waals surface area contributed by atoms with Crippen molar-refractivity contribution in [1.82, 2.24) is 10.2 Å². The zero-order valence-corrected chi connectivity index (χ0v) is 10.7. The van der Waals surface area contributed by atoms with E-state index >= 15 is 0 Å². The fourth-order valence-electron chi connectivity index (χ4n) is 3.34. The minimum atomic E-state index is 0.323. The summed E-state index contributed by atoms with van der Waals surface area (Å²) in [6, 6.07) is 1.32. The topological polar surface area (TPSA) is 32.3 Å². The molecule has 0 radical (unpaired) electrons. The zero-order valence-electron chi connectivity index (χ0n) is 10.7. The lowest BCUT2D eigenvalue weighted by Gasteiger charge is -2.36. The number of carbonyl (C=O) groups is 1. The molecule has 1 N–H and O–H groups in total. The number of hydrogen-bond acceptors (Lipinski definition) is 2. The van der Waals surface area contributed by atoms with E-state index in [1.54, 1.807) is 0 Å². The van der Waals surface area contributed by atoms with Crippen LogP contribution >= 0.6 is 0 Å². The maximum absolute atomic E-state index is 11.7. The Bertz CT molecular complexity index is 274. The molecule has 0 spiro atoms. The SMILES string of the molecule is O=C(NC1CCN(C2CCCC2)CC1)C1CC1. The summed E-state index contributed by atoms with van der Waals surface area (Å²) in [6.45, 7) is 2.39. The average Bonchev–Trinajstić information content (AvgIpc) is 3.07. The van der Waals surface area contributed by atoms with Gasteiger partial charge in [-0.15, -0.1) is 0 Å². The van der Waals surface area contributed by atoms with Gasteiger partial charge in [-0.3, -0.25) is 4.79 Å². The minimum absolute atomic E-state index is 0.323. The summed E-state index contributed by atoms with van der Waals surface area (Å²) < 4.78 is 0. The summed E-state index contributed by atoms with van der Waals surface area (Å²) in [5.41, 5.74) is 0. The van der Waals surface area contributed by atoms with Gasteiger partial charge >= 0.3 is 0 Å². The van der Waals surface area contributed by atoms with Crippen LogP contribution in [0.2, 0.25) is 0 Å². The van der Waals surface area contributed by atoms with Crippen molar-refractivity contribution in [2.24, 2.45) is 5.92 Å². The van der Waals surface area contributed by atoms with Crippen molar-refractivity contribution in [3.63, 3.8) is 0 Å². The number of hydrogen-bond donors (Lipinski definition) is 1. The number of nitrogens with one attached hydrogen (secondary N) is 1. The highest BCUT2D eigenvalue weighted by atomic mass is 16.2. The van der Waals surface area contributed by atoms with Crippen LogP contribution in [0, 0.1) is 5.92 Å². The Morgan fingerprint density at radius 3 is 2.18 bits per heavy atom. The molecule has 0 aromatic heterocycles. The molecule has 3 aliphatic rings. The van der Waals surface area contributed by atoms with Gasteiger partial charge in [0.15, 0.2) is 0 Å². The summed E-state index contributed by atoms with van der Waals surface area (Å²) in [7, 11) is 0. The summed E-state index contributed by atoms with van der Waals surface area (Å²) in [5.74, 6) is 0.687. The second-order valence-corrected chi connectivity index (χ2v) is 6.03. The number of likely N-dealkylation sites (tertiary alicyclic amines) is 1. The molecule has 1 heterocycles. The molecule has 3 heteroatoms. The van der Waals surface area contributed by atoms with Crippen LogP contribution in [0.25, 0.3) is 0 Å². The highest BCUT2D eigenvalue weighted by Crippen LogP contribution is 2.30. The zero-order chi connectivity index (χ0) is 11.7. The molecule has 0 aromatic rings. The van der Waals surface area contributed by atoms with Crippen LogP contribution in [-0.4, -0.2) is 36.0 Å². The van der Waals surface area contributed by atoms with Crippen LogP contribution in [0.5, 0.6) is 0 Å². The van der Waals surface area contributed by atoms with E-state index in [0.717, 1.165) is 31.7 Å². The maximum Gasteiger partial charge on any atom is 0.223 e. The van der Waals surface area contributed by atoms with Crippen molar-refractivity contribution >= 4 is 5.91 Å². The van der Waals surface area contributed by atoms with E-state index in [9.17, 15) is 4.79 Å². The molecule has 0 atom stereocenters. The third-order valence-corrected chi connectivity index (χ3v) is 4.67. The highest BCUT2D eigenvalue weighted by molar-refractivity contribution is 5.81. The standard InChI is InChI=1S/C14H24N2O/c17-14(11-5-6-11)15-12-7-9-16(10-8-12)13-3-1-2-4-13/h11-13H,1-10H2,(H,15,17). The third-order valence-electron chi connectivity index (χ3n) is 4.67. The molecular weight excluding hydrogens is 212 g/mol. The van der Waals surface area contributed by atoms with Crippen molar-refractivity contribution < 1.29 is 4.79 Å². The van der Waals surface area contributed by atoms with E-state index in [2.05, 4.69) is 10.2 Å². The average molecular weight is 236 g/mol. The molecule has 1 aliphatic heterocycles. The Morgan fingerprint density at radius 2 is 1.59 bits per heavy atom. The fourth-order valence-corrected chi connectivity index (χ4v) is 3.34. The highest BCUT2D eigenvalue weighted by Gasteiger charge is 2.32. The lowest BCUT2D eigenvalue weighted by atomic mass is 10.0. The minimum Gasteiger partial charge on any atom is -0.353 e. The van der Waals surface area contributed by atoms with E-state index in [-0.39, 0.29) is 0 Å². The number of amides is 1. The van der Waals surface area contributed by atoms with Crippen LogP contribution in [0.4, 0.5) is 0 Å². The first-order valence-corrected chi connectivity index (χ1v) is 7.37. The Balaban J connectivity index is 1.41. The summed E-state index contributed by atoms with van der Waals surface area (Å²) in [5, 5.41) is 3.23. The molecule has 1 amide bonds. The first-order chi connectivity index (χ1) is 8.33. The van der Waals surface area contributed by atoms with Crippen LogP contribution in [0.3, 0.4) is 0 Å². The van der Waals surface area contributed by atoms with E-state index in [0.29, 0.717) is 17.9 Å². The lowest BCUT2D eigenvalue weighted by Crippen LogP contribution is -2.47. The monoisotopic (exact) mass is 236 g/mol. The van der Waals surface area contributed by atoms with Gasteiger partial charge < -0.3 is 10.2 Å². The smallest absolute Gasteiger partial charge is 0.223 e. The van der Waals surface area contributed by atoms with Gasteiger partial charge in [-0.1, -0.05) is 12.8 Å². The predicted octanol–water partition coefficient (Wildman–Crippen LogP) is 1.92. The van der Waals surface area contributed by atoms with E-state index < -0.39 is 0 Å². The van der Waals surface area contributed by atoms with Gasteiger partial charge in [0.25, 0.3) is 0 Å². The van der Waals surface area contributed by atoms with Crippen molar-refractivity contribution in [2.75, 3.05) is 13.1 Å². The predicted molar refractivity (Wildman–Crippen MR) is 67.7 cm³/mol. The second kappa shape index (κ2) is 4.97. The van der Waals surface area contributed by atoms with Crippen LogP contribution in [-0.2, 0) is 4.79 Å². The van der Waals surface area contributed by atoms with Gasteiger partial charge in [0.1, 0.15) is 0 Å². The molecule has 3 nitrogen and oxygen atoms in total. The van der Waals surface area contributed by atoms with Crippen LogP contribution in [0.15, 0.2) is 0 Å². The first kappa shape index (κ1) is 11.5. The largest absolute Gasteiger partial charge is 0.353 e. The molecule has 3 rings (SSSR count). The van der Waals surface area contributed by atoms with Crippen molar-refractivity contribution in [1.29, 1.82) is 0 Å². The lowest BCUT2D eigenvalue weighted by molar-refractivity contribution is -0.123. The summed E-state index contributed by atoms with van der Waals surface area (Å²) in [4.78, 5) is 14.3. The molecule has 3 fully saturated rings.